The number of thiophene rings is 2. The van der Waals surface area contributed by atoms with Crippen molar-refractivity contribution in [2.24, 2.45) is 0 Å². The highest BCUT2D eigenvalue weighted by atomic mass is 32.2. The molecule has 0 atom stereocenters. The van der Waals surface area contributed by atoms with Crippen molar-refractivity contribution >= 4 is 50.4 Å². The second kappa shape index (κ2) is 8.40. The molecule has 0 spiro atoms. The molecule has 2 aliphatic heterocycles. The third-order valence-corrected chi connectivity index (χ3v) is 11.5. The summed E-state index contributed by atoms with van der Waals surface area (Å²) in [5, 5.41) is 0.978. The minimum atomic E-state index is -3.49. The van der Waals surface area contributed by atoms with E-state index in [-0.39, 0.29) is 5.91 Å². The molecule has 2 aliphatic rings. The Morgan fingerprint density at radius 3 is 2.45 bits per heavy atom. The summed E-state index contributed by atoms with van der Waals surface area (Å²) in [6, 6.07) is 7.44. The van der Waals surface area contributed by atoms with E-state index in [1.165, 1.54) is 26.1 Å². The lowest BCUT2D eigenvalue weighted by Crippen LogP contribution is -2.50. The topological polar surface area (TPSA) is 62.6 Å². The highest BCUT2D eigenvalue weighted by molar-refractivity contribution is 7.98. The van der Waals surface area contributed by atoms with Crippen molar-refractivity contribution in [3.8, 4) is 5.00 Å². The number of hydrogen-bond donors (Lipinski definition) is 0. The smallest absolute Gasteiger partial charge is 0.257 e. The standard InChI is InChI=1S/C21H23N3O3S4/c1-15-4-5-18(29-15)31(26,27)24-11-9-22(10-12-24)20(25)19-16-6-13-28-14-17(16)30-21(19)23-7-2-3-8-23/h2-5,7-8H,6,9-14H2,1H3. The van der Waals surface area contributed by atoms with Crippen LogP contribution in [-0.2, 0) is 22.2 Å². The SMILES string of the molecule is Cc1ccc(S(=O)(=O)N2CCN(C(=O)c3c(-n4cccc4)sc4c3CCSC4)CC2)s1. The van der Waals surface area contributed by atoms with E-state index in [0.29, 0.717) is 30.4 Å². The third-order valence-electron chi connectivity index (χ3n) is 5.69. The number of thioether (sulfide) groups is 1. The molecule has 0 N–H and O–H groups in total. The van der Waals surface area contributed by atoms with Crippen LogP contribution in [0.4, 0.5) is 0 Å². The first-order valence-corrected chi connectivity index (χ1v) is 14.4. The molecule has 10 heteroatoms. The van der Waals surface area contributed by atoms with Crippen LogP contribution < -0.4 is 0 Å². The first-order valence-electron chi connectivity index (χ1n) is 10.2. The number of sulfonamides is 1. The predicted octanol–water partition coefficient (Wildman–Crippen LogP) is 3.84. The summed E-state index contributed by atoms with van der Waals surface area (Å²) in [4.78, 5) is 17.7. The van der Waals surface area contributed by atoms with Gasteiger partial charge in [-0.3, -0.25) is 4.79 Å². The fourth-order valence-electron chi connectivity index (χ4n) is 4.06. The summed E-state index contributed by atoms with van der Waals surface area (Å²) in [7, 11) is -3.49. The van der Waals surface area contributed by atoms with Gasteiger partial charge in [-0.05, 0) is 48.9 Å². The van der Waals surface area contributed by atoms with Crippen LogP contribution in [0.2, 0.25) is 0 Å². The Bertz CT molecular complexity index is 1200. The summed E-state index contributed by atoms with van der Waals surface area (Å²) < 4.78 is 29.8. The van der Waals surface area contributed by atoms with Gasteiger partial charge in [0.25, 0.3) is 15.9 Å². The van der Waals surface area contributed by atoms with Crippen LogP contribution in [0.25, 0.3) is 5.00 Å². The second-order valence-corrected chi connectivity index (χ2v) is 13.3. The van der Waals surface area contributed by atoms with Crippen LogP contribution in [0.3, 0.4) is 0 Å². The summed E-state index contributed by atoms with van der Waals surface area (Å²) in [6.45, 7) is 3.38. The van der Waals surface area contributed by atoms with Crippen molar-refractivity contribution < 1.29 is 13.2 Å². The van der Waals surface area contributed by atoms with E-state index >= 15 is 0 Å². The van der Waals surface area contributed by atoms with Crippen molar-refractivity contribution in [1.82, 2.24) is 13.8 Å². The van der Waals surface area contributed by atoms with E-state index in [9.17, 15) is 13.2 Å². The van der Waals surface area contributed by atoms with Crippen molar-refractivity contribution in [3.05, 3.63) is 57.5 Å². The molecule has 0 saturated carbocycles. The monoisotopic (exact) mass is 493 g/mol. The van der Waals surface area contributed by atoms with Crippen LogP contribution in [0.15, 0.2) is 40.9 Å². The summed E-state index contributed by atoms with van der Waals surface area (Å²) in [5.74, 6) is 2.01. The van der Waals surface area contributed by atoms with Crippen LogP contribution in [0.1, 0.15) is 25.7 Å². The second-order valence-electron chi connectivity index (χ2n) is 7.64. The van der Waals surface area contributed by atoms with Gasteiger partial charge in [0, 0.05) is 54.1 Å². The predicted molar refractivity (Wildman–Crippen MR) is 127 cm³/mol. The minimum Gasteiger partial charge on any atom is -0.336 e. The molecule has 0 aromatic carbocycles. The Balaban J connectivity index is 1.38. The van der Waals surface area contributed by atoms with Gasteiger partial charge in [0.15, 0.2) is 0 Å². The largest absolute Gasteiger partial charge is 0.336 e. The Morgan fingerprint density at radius 2 is 1.77 bits per heavy atom. The number of nitrogens with zero attached hydrogens (tertiary/aromatic N) is 3. The van der Waals surface area contributed by atoms with Crippen molar-refractivity contribution in [2.45, 2.75) is 23.3 Å². The molecule has 1 fully saturated rings. The average Bonchev–Trinajstić information content (AvgIpc) is 3.52. The van der Waals surface area contributed by atoms with Gasteiger partial charge in [0.05, 0.1) is 5.56 Å². The van der Waals surface area contributed by atoms with Gasteiger partial charge in [-0.15, -0.1) is 22.7 Å². The molecule has 0 unspecified atom stereocenters. The Labute approximate surface area is 194 Å². The third kappa shape index (κ3) is 3.89. The number of fused-ring (bicyclic) bond motifs is 1. The number of piperazine rings is 1. The molecule has 6 nitrogen and oxygen atoms in total. The molecular weight excluding hydrogens is 471 g/mol. The molecule has 0 bridgehead atoms. The van der Waals surface area contributed by atoms with E-state index < -0.39 is 10.0 Å². The quantitative estimate of drug-likeness (QED) is 0.554. The molecule has 3 aromatic heterocycles. The van der Waals surface area contributed by atoms with Crippen molar-refractivity contribution in [1.29, 1.82) is 0 Å². The average molecular weight is 494 g/mol. The molecule has 0 radical (unpaired) electrons. The number of carbonyl (C=O) groups is 1. The van der Waals surface area contributed by atoms with Gasteiger partial charge in [-0.2, -0.15) is 16.1 Å². The lowest BCUT2D eigenvalue weighted by atomic mass is 10.1. The van der Waals surface area contributed by atoms with Gasteiger partial charge in [-0.25, -0.2) is 8.42 Å². The molecule has 31 heavy (non-hydrogen) atoms. The van der Waals surface area contributed by atoms with Crippen LogP contribution in [0, 0.1) is 6.92 Å². The van der Waals surface area contributed by atoms with Gasteiger partial charge in [0.1, 0.15) is 9.21 Å². The fraction of sp³-hybridized carbons (Fsp3) is 0.381. The molecule has 164 valence electrons. The van der Waals surface area contributed by atoms with E-state index in [4.69, 9.17) is 0 Å². The summed E-state index contributed by atoms with van der Waals surface area (Å²) in [6.07, 6.45) is 4.87. The Kier molecular flexibility index (Phi) is 5.76. The summed E-state index contributed by atoms with van der Waals surface area (Å²) in [5.41, 5.74) is 1.99. The molecule has 5 rings (SSSR count). The molecule has 3 aromatic rings. The molecular formula is C21H23N3O3S4. The van der Waals surface area contributed by atoms with Gasteiger partial charge >= 0.3 is 0 Å². The number of amides is 1. The number of hydrogen-bond acceptors (Lipinski definition) is 6. The van der Waals surface area contributed by atoms with Gasteiger partial charge in [-0.1, -0.05) is 0 Å². The van der Waals surface area contributed by atoms with Crippen molar-refractivity contribution in [3.63, 3.8) is 0 Å². The number of carbonyl (C=O) groups excluding carboxylic acids is 1. The highest BCUT2D eigenvalue weighted by Gasteiger charge is 2.34. The van der Waals surface area contributed by atoms with E-state index in [1.807, 2.05) is 58.7 Å². The van der Waals surface area contributed by atoms with E-state index in [0.717, 1.165) is 33.4 Å². The first kappa shape index (κ1) is 21.3. The zero-order valence-electron chi connectivity index (χ0n) is 17.1. The normalized spacial score (nSPS) is 17.6. The van der Waals surface area contributed by atoms with Crippen LogP contribution in [-0.4, -0.2) is 60.0 Å². The summed E-state index contributed by atoms with van der Waals surface area (Å²) >= 11 is 4.91. The lowest BCUT2D eigenvalue weighted by Gasteiger charge is -2.34. The Morgan fingerprint density at radius 1 is 1.03 bits per heavy atom. The Hall–Kier alpha value is -1.59. The van der Waals surface area contributed by atoms with Crippen molar-refractivity contribution in [2.75, 3.05) is 31.9 Å². The van der Waals surface area contributed by atoms with Gasteiger partial charge < -0.3 is 9.47 Å². The van der Waals surface area contributed by atoms with Crippen LogP contribution in [0.5, 0.6) is 0 Å². The first-order chi connectivity index (χ1) is 14.9. The molecule has 1 amide bonds. The van der Waals surface area contributed by atoms with Crippen LogP contribution >= 0.6 is 34.4 Å². The molecule has 1 saturated heterocycles. The maximum Gasteiger partial charge on any atom is 0.257 e. The fourth-order valence-corrected chi connectivity index (χ4v) is 9.36. The van der Waals surface area contributed by atoms with Gasteiger partial charge in [0.2, 0.25) is 0 Å². The van der Waals surface area contributed by atoms with E-state index in [1.54, 1.807) is 17.4 Å². The minimum absolute atomic E-state index is 0.0251. The van der Waals surface area contributed by atoms with E-state index in [2.05, 4.69) is 0 Å². The maximum atomic E-state index is 13.6. The zero-order valence-corrected chi connectivity index (χ0v) is 20.4. The highest BCUT2D eigenvalue weighted by Crippen LogP contribution is 2.39. The number of rotatable bonds is 4. The molecule has 5 heterocycles. The zero-order chi connectivity index (χ0) is 21.6. The number of aryl methyl sites for hydroxylation is 1. The number of aromatic nitrogens is 1. The maximum absolute atomic E-state index is 13.6. The lowest BCUT2D eigenvalue weighted by molar-refractivity contribution is 0.0697. The molecule has 0 aliphatic carbocycles.